The minimum absolute atomic E-state index is 0.109. The Labute approximate surface area is 179 Å². The zero-order chi connectivity index (χ0) is 20.7. The van der Waals surface area contributed by atoms with Crippen molar-refractivity contribution in [1.29, 1.82) is 0 Å². The molecule has 5 heterocycles. The number of anilines is 2. The summed E-state index contributed by atoms with van der Waals surface area (Å²) in [6, 6.07) is 3.32. The third kappa shape index (κ3) is 3.31. The third-order valence-electron chi connectivity index (χ3n) is 5.05. The third-order valence-corrected chi connectivity index (χ3v) is 6.63. The van der Waals surface area contributed by atoms with Crippen LogP contribution in [0.4, 0.5) is 10.9 Å². The Kier molecular flexibility index (Phi) is 4.68. The predicted octanol–water partition coefficient (Wildman–Crippen LogP) is 2.85. The van der Waals surface area contributed by atoms with Crippen molar-refractivity contribution in [1.82, 2.24) is 19.9 Å². The summed E-state index contributed by atoms with van der Waals surface area (Å²) in [6.07, 6.45) is 4.88. The summed E-state index contributed by atoms with van der Waals surface area (Å²) in [7, 11) is 0. The topological polar surface area (TPSA) is 130 Å². The number of carbonyl (C=O) groups is 2. The van der Waals surface area contributed by atoms with Gasteiger partial charge in [0.25, 0.3) is 5.91 Å². The van der Waals surface area contributed by atoms with Crippen LogP contribution in [0.15, 0.2) is 35.4 Å². The van der Waals surface area contributed by atoms with Gasteiger partial charge >= 0.3 is 0 Å². The molecule has 1 unspecified atom stereocenters. The standard InChI is InChI=1S/C19H17N7O2S2/c20-15(27)12-6-10(7-21-12)13-8-30-19(24-13)25-17(28)14-2-1-4-26(14)16-11-3-5-29-18(11)23-9-22-16/h3,5-9,14,21H,1-2,4H2,(H2,20,27)(H,24,25,28). The van der Waals surface area contributed by atoms with Gasteiger partial charge in [-0.05, 0) is 30.4 Å². The van der Waals surface area contributed by atoms with Crippen LogP contribution in [-0.4, -0.2) is 44.3 Å². The highest BCUT2D eigenvalue weighted by atomic mass is 32.1. The fourth-order valence-corrected chi connectivity index (χ4v) is 5.09. The predicted molar refractivity (Wildman–Crippen MR) is 117 cm³/mol. The fraction of sp³-hybridized carbons (Fsp3) is 0.211. The van der Waals surface area contributed by atoms with Gasteiger partial charge < -0.3 is 20.9 Å². The maximum atomic E-state index is 13.0. The minimum Gasteiger partial charge on any atom is -0.364 e. The first-order valence-corrected chi connectivity index (χ1v) is 11.1. The number of carbonyl (C=O) groups excluding carboxylic acids is 2. The number of aromatic amines is 1. The van der Waals surface area contributed by atoms with Crippen molar-refractivity contribution in [2.24, 2.45) is 5.73 Å². The molecule has 1 aliphatic rings. The molecule has 1 fully saturated rings. The number of thiazole rings is 1. The molecule has 11 heteroatoms. The lowest BCUT2D eigenvalue weighted by molar-refractivity contribution is -0.117. The fourth-order valence-electron chi connectivity index (χ4n) is 3.64. The smallest absolute Gasteiger partial charge is 0.265 e. The van der Waals surface area contributed by atoms with Gasteiger partial charge in [0.15, 0.2) is 5.13 Å². The van der Waals surface area contributed by atoms with Crippen LogP contribution in [0.2, 0.25) is 0 Å². The molecular weight excluding hydrogens is 422 g/mol. The molecule has 0 saturated carbocycles. The highest BCUT2D eigenvalue weighted by Crippen LogP contribution is 2.32. The largest absolute Gasteiger partial charge is 0.364 e. The average molecular weight is 440 g/mol. The van der Waals surface area contributed by atoms with Gasteiger partial charge in [-0.15, -0.1) is 22.7 Å². The van der Waals surface area contributed by atoms with Gasteiger partial charge in [-0.1, -0.05) is 0 Å². The molecular formula is C19H17N7O2S2. The number of nitrogens with two attached hydrogens (primary N) is 1. The van der Waals surface area contributed by atoms with Crippen molar-refractivity contribution >= 4 is 55.7 Å². The zero-order valence-electron chi connectivity index (χ0n) is 15.7. The van der Waals surface area contributed by atoms with Crippen LogP contribution in [0.5, 0.6) is 0 Å². The highest BCUT2D eigenvalue weighted by Gasteiger charge is 2.33. The lowest BCUT2D eigenvalue weighted by Gasteiger charge is -2.24. The van der Waals surface area contributed by atoms with E-state index in [2.05, 4.69) is 25.3 Å². The number of rotatable bonds is 5. The SMILES string of the molecule is NC(=O)c1cc(-c2csc(NC(=O)C3CCCN3c3ncnc4sccc34)n2)c[nH]1. The maximum Gasteiger partial charge on any atom is 0.265 e. The first-order valence-electron chi connectivity index (χ1n) is 9.30. The van der Waals surface area contributed by atoms with E-state index in [1.165, 1.54) is 11.3 Å². The number of nitrogens with zero attached hydrogens (tertiary/aromatic N) is 4. The van der Waals surface area contributed by atoms with E-state index in [1.54, 1.807) is 29.9 Å². The molecule has 5 rings (SSSR count). The van der Waals surface area contributed by atoms with Crippen molar-refractivity contribution in [3.8, 4) is 11.3 Å². The van der Waals surface area contributed by atoms with E-state index >= 15 is 0 Å². The molecule has 30 heavy (non-hydrogen) atoms. The summed E-state index contributed by atoms with van der Waals surface area (Å²) in [5.74, 6) is 0.156. The van der Waals surface area contributed by atoms with Crippen molar-refractivity contribution < 1.29 is 9.59 Å². The molecule has 152 valence electrons. The highest BCUT2D eigenvalue weighted by molar-refractivity contribution is 7.16. The number of H-pyrrole nitrogens is 1. The molecule has 0 spiro atoms. The molecule has 2 amide bonds. The molecule has 1 saturated heterocycles. The van der Waals surface area contributed by atoms with Gasteiger partial charge in [-0.2, -0.15) is 0 Å². The number of thiophene rings is 1. The Balaban J connectivity index is 1.34. The lowest BCUT2D eigenvalue weighted by Crippen LogP contribution is -2.40. The molecule has 0 aromatic carbocycles. The number of aromatic nitrogens is 4. The molecule has 0 radical (unpaired) electrons. The number of fused-ring (bicyclic) bond motifs is 1. The van der Waals surface area contributed by atoms with Crippen molar-refractivity contribution in [2.75, 3.05) is 16.8 Å². The zero-order valence-corrected chi connectivity index (χ0v) is 17.3. The summed E-state index contributed by atoms with van der Waals surface area (Å²) < 4.78 is 0. The van der Waals surface area contributed by atoms with Crippen molar-refractivity contribution in [3.05, 3.63) is 41.1 Å². The van der Waals surface area contributed by atoms with Crippen LogP contribution in [0.3, 0.4) is 0 Å². The number of nitrogens with one attached hydrogen (secondary N) is 2. The number of hydrogen-bond acceptors (Lipinski definition) is 8. The molecule has 4 aromatic heterocycles. The van der Waals surface area contributed by atoms with Crippen LogP contribution in [0, 0.1) is 0 Å². The van der Waals surface area contributed by atoms with Crippen LogP contribution in [0.1, 0.15) is 23.3 Å². The first-order chi connectivity index (χ1) is 14.6. The lowest BCUT2D eigenvalue weighted by atomic mass is 10.2. The number of amides is 2. The van der Waals surface area contributed by atoms with Gasteiger partial charge in [0, 0.05) is 23.7 Å². The molecule has 1 atom stereocenters. The van der Waals surface area contributed by atoms with E-state index in [0.717, 1.165) is 41.0 Å². The minimum atomic E-state index is -0.532. The Hall–Kier alpha value is -3.31. The second-order valence-corrected chi connectivity index (χ2v) is 8.63. The molecule has 9 nitrogen and oxygen atoms in total. The summed E-state index contributed by atoms with van der Waals surface area (Å²) >= 11 is 2.89. The summed E-state index contributed by atoms with van der Waals surface area (Å²) in [4.78, 5) is 43.3. The Morgan fingerprint density at radius 3 is 3.03 bits per heavy atom. The first kappa shape index (κ1) is 18.7. The Bertz CT molecular complexity index is 1240. The van der Waals surface area contributed by atoms with Gasteiger partial charge in [0.05, 0.1) is 11.1 Å². The maximum absolute atomic E-state index is 13.0. The van der Waals surface area contributed by atoms with Gasteiger partial charge in [0.2, 0.25) is 5.91 Å². The second-order valence-electron chi connectivity index (χ2n) is 6.88. The molecule has 4 N–H and O–H groups in total. The van der Waals surface area contributed by atoms with Crippen molar-refractivity contribution in [2.45, 2.75) is 18.9 Å². The Morgan fingerprint density at radius 2 is 2.20 bits per heavy atom. The monoisotopic (exact) mass is 439 g/mol. The summed E-state index contributed by atoms with van der Waals surface area (Å²) in [6.45, 7) is 0.766. The summed E-state index contributed by atoms with van der Waals surface area (Å²) in [5.41, 5.74) is 7.00. The van der Waals surface area contributed by atoms with E-state index in [1.807, 2.05) is 21.7 Å². The van der Waals surface area contributed by atoms with Crippen LogP contribution < -0.4 is 16.0 Å². The van der Waals surface area contributed by atoms with Crippen LogP contribution >= 0.6 is 22.7 Å². The second kappa shape index (κ2) is 7.50. The molecule has 0 bridgehead atoms. The van der Waals surface area contributed by atoms with E-state index in [4.69, 9.17) is 5.73 Å². The van der Waals surface area contributed by atoms with E-state index in [0.29, 0.717) is 16.5 Å². The van der Waals surface area contributed by atoms with Crippen LogP contribution in [-0.2, 0) is 4.79 Å². The number of hydrogen-bond donors (Lipinski definition) is 3. The van der Waals surface area contributed by atoms with E-state index < -0.39 is 5.91 Å². The van der Waals surface area contributed by atoms with Crippen LogP contribution in [0.25, 0.3) is 21.5 Å². The quantitative estimate of drug-likeness (QED) is 0.438. The molecule has 1 aliphatic heterocycles. The van der Waals surface area contributed by atoms with Crippen molar-refractivity contribution in [3.63, 3.8) is 0 Å². The van der Waals surface area contributed by atoms with Gasteiger partial charge in [-0.3, -0.25) is 9.59 Å². The van der Waals surface area contributed by atoms with Gasteiger partial charge in [0.1, 0.15) is 28.7 Å². The van der Waals surface area contributed by atoms with Gasteiger partial charge in [-0.25, -0.2) is 15.0 Å². The van der Waals surface area contributed by atoms with E-state index in [-0.39, 0.29) is 11.9 Å². The molecule has 0 aliphatic carbocycles. The molecule has 4 aromatic rings. The Morgan fingerprint density at radius 1 is 1.30 bits per heavy atom. The average Bonchev–Trinajstić information content (AvgIpc) is 3.53. The normalized spacial score (nSPS) is 16.3. The van der Waals surface area contributed by atoms with E-state index in [9.17, 15) is 9.59 Å². The summed E-state index contributed by atoms with van der Waals surface area (Å²) in [5, 5.41) is 8.22. The number of primary amides is 1.